The first-order chi connectivity index (χ1) is 31.5. The molecule has 6 heteroatoms. The number of carbonyl (C=O) groups excluding carboxylic acids is 2. The van der Waals surface area contributed by atoms with Crippen LogP contribution in [0, 0.1) is 0 Å². The second-order valence-corrected chi connectivity index (χ2v) is 18.6. The van der Waals surface area contributed by atoms with Gasteiger partial charge in [-0.05, 0) is 83.5 Å². The van der Waals surface area contributed by atoms with Crippen molar-refractivity contribution >= 4 is 11.9 Å². The second kappa shape index (κ2) is 51.5. The van der Waals surface area contributed by atoms with Gasteiger partial charge in [0.05, 0.1) is 25.2 Å². The molecular weight excluding hydrogens is 791 g/mol. The van der Waals surface area contributed by atoms with Crippen molar-refractivity contribution in [2.75, 3.05) is 6.61 Å². The van der Waals surface area contributed by atoms with Gasteiger partial charge in [-0.25, -0.2) is 0 Å². The highest BCUT2D eigenvalue weighted by atomic mass is 16.5. The van der Waals surface area contributed by atoms with Crippen LogP contribution in [0.5, 0.6) is 0 Å². The summed E-state index contributed by atoms with van der Waals surface area (Å²) < 4.78 is 5.89. The molecule has 0 heterocycles. The van der Waals surface area contributed by atoms with Gasteiger partial charge in [0, 0.05) is 6.42 Å². The summed E-state index contributed by atoms with van der Waals surface area (Å²) in [5, 5.41) is 23.8. The molecule has 0 aromatic rings. The van der Waals surface area contributed by atoms with Crippen LogP contribution >= 0.6 is 0 Å². The number of aliphatic hydroxyl groups excluding tert-OH is 2. The van der Waals surface area contributed by atoms with Crippen molar-refractivity contribution in [1.82, 2.24) is 5.32 Å². The molecule has 0 saturated carbocycles. The Morgan fingerprint density at radius 2 is 0.812 bits per heavy atom. The highest BCUT2D eigenvalue weighted by molar-refractivity contribution is 5.77. The molecule has 3 N–H and O–H groups in total. The van der Waals surface area contributed by atoms with Gasteiger partial charge >= 0.3 is 5.97 Å². The molecule has 64 heavy (non-hydrogen) atoms. The maximum Gasteiger partial charge on any atom is 0.306 e. The van der Waals surface area contributed by atoms with Gasteiger partial charge in [0.25, 0.3) is 0 Å². The molecule has 0 aromatic carbocycles. The molecule has 0 rings (SSSR count). The van der Waals surface area contributed by atoms with E-state index in [4.69, 9.17) is 4.74 Å². The fraction of sp³-hybridized carbons (Fsp3) is 0.793. The average molecular weight is 896 g/mol. The van der Waals surface area contributed by atoms with E-state index >= 15 is 0 Å². The van der Waals surface area contributed by atoms with Gasteiger partial charge in [-0.1, -0.05) is 236 Å². The van der Waals surface area contributed by atoms with E-state index in [2.05, 4.69) is 86.8 Å². The van der Waals surface area contributed by atoms with Crippen LogP contribution in [0.4, 0.5) is 0 Å². The number of ether oxygens (including phenoxy) is 1. The summed E-state index contributed by atoms with van der Waals surface area (Å²) in [7, 11) is 0. The van der Waals surface area contributed by atoms with Crippen molar-refractivity contribution in [2.45, 2.75) is 289 Å². The highest BCUT2D eigenvalue weighted by Gasteiger charge is 2.24. The quantitative estimate of drug-likeness (QED) is 0.0321. The molecule has 0 fully saturated rings. The standard InChI is InChI=1S/C58H105NO5/c1-4-7-10-13-16-19-22-24-26-28-30-32-35-38-41-44-47-50-56(61)55(53-60)59-57(62)52-54(49-46-43-40-37-34-21-18-15-12-9-6-3)64-58(63)51-48-45-42-39-36-33-31-29-27-25-23-20-17-14-11-8-5-2/h17,20,25,27,31,33,37,39-40,42,54-56,60-61H,4-16,18-19,21-24,26,28-30,32,34-36,38,41,43-53H2,1-3H3,(H,59,62)/b20-17-,27-25-,33-31-,40-37-,42-39-. The molecule has 0 spiro atoms. The molecule has 0 aromatic heterocycles. The molecule has 6 nitrogen and oxygen atoms in total. The minimum atomic E-state index is -0.805. The summed E-state index contributed by atoms with van der Waals surface area (Å²) in [6.07, 6.45) is 64.4. The summed E-state index contributed by atoms with van der Waals surface area (Å²) >= 11 is 0. The maximum atomic E-state index is 13.2. The maximum absolute atomic E-state index is 13.2. The van der Waals surface area contributed by atoms with E-state index in [9.17, 15) is 19.8 Å². The molecule has 0 aliphatic rings. The predicted octanol–water partition coefficient (Wildman–Crippen LogP) is 16.8. The Morgan fingerprint density at radius 1 is 0.453 bits per heavy atom. The first-order valence-corrected chi connectivity index (χ1v) is 27.5. The molecule has 3 unspecified atom stereocenters. The van der Waals surface area contributed by atoms with Crippen LogP contribution < -0.4 is 5.32 Å². The summed E-state index contributed by atoms with van der Waals surface area (Å²) in [4.78, 5) is 26.1. The van der Waals surface area contributed by atoms with Gasteiger partial charge in [0.15, 0.2) is 0 Å². The number of esters is 1. The molecule has 0 aliphatic heterocycles. The summed E-state index contributed by atoms with van der Waals surface area (Å²) in [5.41, 5.74) is 0. The molecule has 1 amide bonds. The van der Waals surface area contributed by atoms with Crippen LogP contribution in [0.1, 0.15) is 271 Å². The number of allylic oxidation sites excluding steroid dienone is 10. The third kappa shape index (κ3) is 46.1. The molecule has 372 valence electrons. The van der Waals surface area contributed by atoms with Gasteiger partial charge < -0.3 is 20.3 Å². The van der Waals surface area contributed by atoms with Gasteiger partial charge in [-0.3, -0.25) is 9.59 Å². The van der Waals surface area contributed by atoms with Crippen molar-refractivity contribution in [3.8, 4) is 0 Å². The number of aliphatic hydroxyl groups is 2. The Labute approximate surface area is 397 Å². The van der Waals surface area contributed by atoms with Crippen molar-refractivity contribution in [1.29, 1.82) is 0 Å². The number of nitrogens with one attached hydrogen (secondary N) is 1. The highest BCUT2D eigenvalue weighted by Crippen LogP contribution is 2.17. The Morgan fingerprint density at radius 3 is 1.28 bits per heavy atom. The smallest absolute Gasteiger partial charge is 0.306 e. The lowest BCUT2D eigenvalue weighted by Crippen LogP contribution is -2.46. The zero-order valence-corrected chi connectivity index (χ0v) is 42.4. The van der Waals surface area contributed by atoms with E-state index in [0.717, 1.165) is 64.2 Å². The van der Waals surface area contributed by atoms with Crippen LogP contribution in [0.3, 0.4) is 0 Å². The van der Waals surface area contributed by atoms with Crippen molar-refractivity contribution in [3.63, 3.8) is 0 Å². The van der Waals surface area contributed by atoms with Gasteiger partial charge in [-0.2, -0.15) is 0 Å². The number of carbonyl (C=O) groups is 2. The number of unbranched alkanes of at least 4 members (excludes halogenated alkanes) is 27. The first kappa shape index (κ1) is 61.6. The Bertz CT molecular complexity index is 1140. The third-order valence-corrected chi connectivity index (χ3v) is 12.3. The lowest BCUT2D eigenvalue weighted by Gasteiger charge is -2.24. The average Bonchev–Trinajstić information content (AvgIpc) is 3.29. The molecule has 0 aliphatic carbocycles. The molecule has 0 bridgehead atoms. The predicted molar refractivity (Wildman–Crippen MR) is 278 cm³/mol. The van der Waals surface area contributed by atoms with Crippen LogP contribution in [-0.2, 0) is 14.3 Å². The van der Waals surface area contributed by atoms with E-state index in [0.29, 0.717) is 25.7 Å². The van der Waals surface area contributed by atoms with E-state index in [1.165, 1.54) is 154 Å². The van der Waals surface area contributed by atoms with Crippen LogP contribution in [0.25, 0.3) is 0 Å². The van der Waals surface area contributed by atoms with Crippen LogP contribution in [0.2, 0.25) is 0 Å². The first-order valence-electron chi connectivity index (χ1n) is 27.5. The Kier molecular flexibility index (Phi) is 49.6. The zero-order valence-electron chi connectivity index (χ0n) is 42.4. The molecule has 0 saturated heterocycles. The summed E-state index contributed by atoms with van der Waals surface area (Å²) in [5.74, 6) is -0.567. The number of hydrogen-bond acceptors (Lipinski definition) is 5. The SMILES string of the molecule is CCCCC/C=C\C/C=C\C/C=C\C/C=C\CCCC(=O)OC(CCC/C=C\CCCCCCCC)CC(=O)NC(CO)C(O)CCCCCCCCCCCCCCCCCCC. The van der Waals surface area contributed by atoms with E-state index < -0.39 is 18.2 Å². The second-order valence-electron chi connectivity index (χ2n) is 18.6. The largest absolute Gasteiger partial charge is 0.462 e. The lowest BCUT2D eigenvalue weighted by atomic mass is 10.0. The Balaban J connectivity index is 4.57. The number of hydrogen-bond donors (Lipinski definition) is 3. The third-order valence-electron chi connectivity index (χ3n) is 12.3. The van der Waals surface area contributed by atoms with Gasteiger partial charge in [0.2, 0.25) is 5.91 Å². The molecular formula is C58H105NO5. The summed E-state index contributed by atoms with van der Waals surface area (Å²) in [6.45, 7) is 6.44. The Hall–Kier alpha value is -2.44. The van der Waals surface area contributed by atoms with Crippen molar-refractivity contribution in [2.24, 2.45) is 0 Å². The monoisotopic (exact) mass is 896 g/mol. The van der Waals surface area contributed by atoms with E-state index in [1.807, 2.05) is 0 Å². The fourth-order valence-corrected chi connectivity index (χ4v) is 8.13. The normalized spacial score (nSPS) is 13.6. The zero-order chi connectivity index (χ0) is 46.7. The molecule has 0 radical (unpaired) electrons. The minimum absolute atomic E-state index is 0.0345. The summed E-state index contributed by atoms with van der Waals surface area (Å²) in [6, 6.07) is -0.722. The van der Waals surface area contributed by atoms with Gasteiger partial charge in [-0.15, -0.1) is 0 Å². The lowest BCUT2D eigenvalue weighted by molar-refractivity contribution is -0.151. The fourth-order valence-electron chi connectivity index (χ4n) is 8.13. The van der Waals surface area contributed by atoms with Crippen molar-refractivity contribution < 1.29 is 24.5 Å². The number of rotatable bonds is 49. The van der Waals surface area contributed by atoms with E-state index in [-0.39, 0.29) is 24.9 Å². The van der Waals surface area contributed by atoms with Crippen LogP contribution in [-0.4, -0.2) is 46.9 Å². The topological polar surface area (TPSA) is 95.9 Å². The van der Waals surface area contributed by atoms with Gasteiger partial charge in [0.1, 0.15) is 6.10 Å². The van der Waals surface area contributed by atoms with E-state index in [1.54, 1.807) is 0 Å². The van der Waals surface area contributed by atoms with Crippen molar-refractivity contribution in [3.05, 3.63) is 60.8 Å². The van der Waals surface area contributed by atoms with Crippen LogP contribution in [0.15, 0.2) is 60.8 Å². The minimum Gasteiger partial charge on any atom is -0.462 e. The molecule has 3 atom stereocenters. The number of amides is 1.